The second-order valence-electron chi connectivity index (χ2n) is 10.1. The van der Waals surface area contributed by atoms with Crippen molar-refractivity contribution in [1.82, 2.24) is 10.6 Å². The van der Waals surface area contributed by atoms with Crippen LogP contribution in [0.5, 0.6) is 0 Å². The van der Waals surface area contributed by atoms with E-state index in [1.165, 1.54) is 0 Å². The number of aliphatic carboxylic acids is 1. The van der Waals surface area contributed by atoms with Crippen LogP contribution in [0.2, 0.25) is 0 Å². The van der Waals surface area contributed by atoms with E-state index in [1.807, 2.05) is 24.3 Å². The van der Waals surface area contributed by atoms with Crippen molar-refractivity contribution in [3.05, 3.63) is 59.7 Å². The lowest BCUT2D eigenvalue weighted by Crippen LogP contribution is -2.59. The molecule has 2 saturated carbocycles. The fourth-order valence-electron chi connectivity index (χ4n) is 6.22. The van der Waals surface area contributed by atoms with Crippen molar-refractivity contribution in [3.63, 3.8) is 0 Å². The second-order valence-corrected chi connectivity index (χ2v) is 10.1. The maximum atomic E-state index is 13.3. The Bertz CT molecular complexity index is 1080. The van der Waals surface area contributed by atoms with Crippen LogP contribution in [0.3, 0.4) is 0 Å². The van der Waals surface area contributed by atoms with Gasteiger partial charge >= 0.3 is 12.1 Å². The van der Waals surface area contributed by atoms with E-state index in [-0.39, 0.29) is 36.8 Å². The molecule has 2 atom stereocenters. The normalized spacial score (nSPS) is 22.3. The van der Waals surface area contributed by atoms with E-state index in [2.05, 4.69) is 34.9 Å². The highest BCUT2D eigenvalue weighted by Crippen LogP contribution is 2.44. The van der Waals surface area contributed by atoms with Gasteiger partial charge in [-0.25, -0.2) is 4.79 Å². The number of carboxylic acid groups (broad SMARTS) is 1. The standard InChI is InChI=1S/C28H32N2O5/c31-25(32)16-18-8-7-13-24(18)29-26(33)28(14-5-6-15-28)30-27(34)35-17-23-21-11-3-1-9-19(21)20-10-2-4-12-22(20)23/h1-4,9-12,18,23-24H,5-8,13-17H2,(H,29,33)(H,30,34)(H,31,32). The Morgan fingerprint density at radius 3 is 2.17 bits per heavy atom. The molecule has 35 heavy (non-hydrogen) atoms. The summed E-state index contributed by atoms with van der Waals surface area (Å²) in [4.78, 5) is 37.5. The number of rotatable bonds is 7. The van der Waals surface area contributed by atoms with Crippen LogP contribution in [0, 0.1) is 5.92 Å². The van der Waals surface area contributed by atoms with Gasteiger partial charge in [-0.1, -0.05) is 67.8 Å². The van der Waals surface area contributed by atoms with Crippen LogP contribution >= 0.6 is 0 Å². The Morgan fingerprint density at radius 2 is 1.54 bits per heavy atom. The minimum Gasteiger partial charge on any atom is -0.481 e. The zero-order valence-corrected chi connectivity index (χ0v) is 19.8. The topological polar surface area (TPSA) is 105 Å². The summed E-state index contributed by atoms with van der Waals surface area (Å²) in [7, 11) is 0. The number of ether oxygens (including phenoxy) is 1. The fourth-order valence-corrected chi connectivity index (χ4v) is 6.22. The molecular formula is C28H32N2O5. The monoisotopic (exact) mass is 476 g/mol. The summed E-state index contributed by atoms with van der Waals surface area (Å²) < 4.78 is 5.71. The van der Waals surface area contributed by atoms with Gasteiger partial charge in [0.15, 0.2) is 0 Å². The Hall–Kier alpha value is -3.35. The molecule has 0 aliphatic heterocycles. The second kappa shape index (κ2) is 9.72. The lowest BCUT2D eigenvalue weighted by Gasteiger charge is -2.31. The van der Waals surface area contributed by atoms with Crippen molar-refractivity contribution in [3.8, 4) is 11.1 Å². The molecule has 0 radical (unpaired) electrons. The Kier molecular flexibility index (Phi) is 6.50. The lowest BCUT2D eigenvalue weighted by molar-refractivity contribution is -0.138. The lowest BCUT2D eigenvalue weighted by atomic mass is 9.94. The van der Waals surface area contributed by atoms with Crippen molar-refractivity contribution in [2.24, 2.45) is 5.92 Å². The van der Waals surface area contributed by atoms with Gasteiger partial charge in [-0.2, -0.15) is 0 Å². The van der Waals surface area contributed by atoms with Gasteiger partial charge in [0.1, 0.15) is 12.1 Å². The summed E-state index contributed by atoms with van der Waals surface area (Å²) in [5.41, 5.74) is 3.60. The Labute approximate surface area is 205 Å². The maximum absolute atomic E-state index is 13.3. The molecule has 2 unspecified atom stereocenters. The first-order chi connectivity index (χ1) is 17.0. The molecule has 0 aromatic heterocycles. The smallest absolute Gasteiger partial charge is 0.408 e. The van der Waals surface area contributed by atoms with E-state index in [9.17, 15) is 19.5 Å². The molecule has 7 heteroatoms. The zero-order valence-electron chi connectivity index (χ0n) is 19.8. The van der Waals surface area contributed by atoms with Gasteiger partial charge in [0.05, 0.1) is 6.42 Å². The number of fused-ring (bicyclic) bond motifs is 3. The van der Waals surface area contributed by atoms with Gasteiger partial charge in [-0.05, 0) is 53.9 Å². The van der Waals surface area contributed by atoms with Crippen molar-refractivity contribution < 1.29 is 24.2 Å². The molecular weight excluding hydrogens is 444 g/mol. The number of amides is 2. The highest BCUT2D eigenvalue weighted by molar-refractivity contribution is 5.90. The van der Waals surface area contributed by atoms with Crippen LogP contribution in [-0.4, -0.2) is 41.3 Å². The fraction of sp³-hybridized carbons (Fsp3) is 0.464. The number of carboxylic acids is 1. The number of benzene rings is 2. The number of hydrogen-bond acceptors (Lipinski definition) is 4. The minimum atomic E-state index is -1.00. The van der Waals surface area contributed by atoms with Gasteiger partial charge in [-0.3, -0.25) is 9.59 Å². The molecule has 0 saturated heterocycles. The van der Waals surface area contributed by atoms with Crippen LogP contribution in [0.1, 0.15) is 68.4 Å². The number of carbonyl (C=O) groups excluding carboxylic acids is 2. The summed E-state index contributed by atoms with van der Waals surface area (Å²) in [6.07, 6.45) is 4.74. The van der Waals surface area contributed by atoms with Crippen LogP contribution in [-0.2, 0) is 14.3 Å². The maximum Gasteiger partial charge on any atom is 0.408 e. The number of alkyl carbamates (subject to hydrolysis) is 1. The van der Waals surface area contributed by atoms with E-state index >= 15 is 0 Å². The SMILES string of the molecule is O=C(O)CC1CCCC1NC(=O)C1(NC(=O)OCC2c3ccccc3-c3ccccc32)CCCC1. The first-order valence-electron chi connectivity index (χ1n) is 12.6. The Balaban J connectivity index is 1.24. The summed E-state index contributed by atoms with van der Waals surface area (Å²) in [6.45, 7) is 0.195. The average Bonchev–Trinajstić information content (AvgIpc) is 3.56. The number of carbonyl (C=O) groups is 3. The molecule has 184 valence electrons. The van der Waals surface area contributed by atoms with Crippen molar-refractivity contribution in [2.75, 3.05) is 6.61 Å². The largest absolute Gasteiger partial charge is 0.481 e. The third-order valence-electron chi connectivity index (χ3n) is 7.99. The van der Waals surface area contributed by atoms with Gasteiger partial charge in [-0.15, -0.1) is 0 Å². The molecule has 2 amide bonds. The number of hydrogen-bond donors (Lipinski definition) is 3. The molecule has 0 spiro atoms. The molecule has 3 aliphatic carbocycles. The van der Waals surface area contributed by atoms with E-state index in [0.717, 1.165) is 54.4 Å². The first-order valence-corrected chi connectivity index (χ1v) is 12.6. The van der Waals surface area contributed by atoms with Gasteiger partial charge in [0, 0.05) is 12.0 Å². The highest BCUT2D eigenvalue weighted by atomic mass is 16.5. The van der Waals surface area contributed by atoms with Crippen LogP contribution < -0.4 is 10.6 Å². The molecule has 0 heterocycles. The van der Waals surface area contributed by atoms with Crippen molar-refractivity contribution in [2.45, 2.75) is 68.9 Å². The van der Waals surface area contributed by atoms with Crippen LogP contribution in [0.4, 0.5) is 4.79 Å². The number of nitrogens with one attached hydrogen (secondary N) is 2. The molecule has 0 bridgehead atoms. The molecule has 2 fully saturated rings. The van der Waals surface area contributed by atoms with E-state index in [4.69, 9.17) is 4.74 Å². The minimum absolute atomic E-state index is 0.0447. The van der Waals surface area contributed by atoms with Crippen LogP contribution in [0.15, 0.2) is 48.5 Å². The molecule has 2 aromatic rings. The third-order valence-corrected chi connectivity index (χ3v) is 7.99. The van der Waals surface area contributed by atoms with E-state index < -0.39 is 17.6 Å². The van der Waals surface area contributed by atoms with E-state index in [0.29, 0.717) is 12.8 Å². The van der Waals surface area contributed by atoms with Gasteiger partial charge in [0.2, 0.25) is 5.91 Å². The predicted molar refractivity (Wildman–Crippen MR) is 131 cm³/mol. The molecule has 5 rings (SSSR count). The molecule has 3 aliphatic rings. The molecule has 2 aromatic carbocycles. The third kappa shape index (κ3) is 4.64. The Morgan fingerprint density at radius 1 is 0.914 bits per heavy atom. The van der Waals surface area contributed by atoms with Crippen LogP contribution in [0.25, 0.3) is 11.1 Å². The molecule has 7 nitrogen and oxygen atoms in total. The highest BCUT2D eigenvalue weighted by Gasteiger charge is 2.45. The average molecular weight is 477 g/mol. The zero-order chi connectivity index (χ0) is 24.4. The summed E-state index contributed by atoms with van der Waals surface area (Å²) >= 11 is 0. The molecule has 3 N–H and O–H groups in total. The first kappa shape index (κ1) is 23.4. The summed E-state index contributed by atoms with van der Waals surface area (Å²) in [5, 5.41) is 15.2. The van der Waals surface area contributed by atoms with E-state index in [1.54, 1.807) is 0 Å². The summed E-state index contributed by atoms with van der Waals surface area (Å²) in [6, 6.07) is 16.2. The van der Waals surface area contributed by atoms with Crippen molar-refractivity contribution >= 4 is 18.0 Å². The quantitative estimate of drug-likeness (QED) is 0.542. The van der Waals surface area contributed by atoms with Gasteiger partial charge in [0.25, 0.3) is 0 Å². The summed E-state index contributed by atoms with van der Waals surface area (Å²) in [5.74, 6) is -1.17. The van der Waals surface area contributed by atoms with Crippen molar-refractivity contribution in [1.29, 1.82) is 0 Å². The van der Waals surface area contributed by atoms with Gasteiger partial charge < -0.3 is 20.5 Å². The predicted octanol–water partition coefficient (Wildman–Crippen LogP) is 4.60.